The molecule has 0 fully saturated rings. The van der Waals surface area contributed by atoms with Crippen molar-refractivity contribution in [1.82, 2.24) is 5.32 Å². The van der Waals surface area contributed by atoms with Crippen molar-refractivity contribution in [3.05, 3.63) is 64.7 Å². The highest BCUT2D eigenvalue weighted by Gasteiger charge is 2.17. The number of hydrogen-bond acceptors (Lipinski definition) is 4. The molecule has 2 aromatic rings. The molecule has 0 saturated carbocycles. The molecule has 1 amide bonds. The topological polar surface area (TPSA) is 55.4 Å². The van der Waals surface area contributed by atoms with E-state index in [1.54, 1.807) is 18.2 Å². The predicted molar refractivity (Wildman–Crippen MR) is 96.8 cm³/mol. The van der Waals surface area contributed by atoms with Gasteiger partial charge >= 0.3 is 5.97 Å². The summed E-state index contributed by atoms with van der Waals surface area (Å²) in [5, 5.41) is 3.23. The molecular weight excluding hydrogens is 384 g/mol. The summed E-state index contributed by atoms with van der Waals surface area (Å²) in [6.07, 6.45) is 0.577. The van der Waals surface area contributed by atoms with Crippen molar-refractivity contribution in [1.29, 1.82) is 0 Å². The maximum absolute atomic E-state index is 12.5. The predicted octanol–water partition coefficient (Wildman–Crippen LogP) is 4.17. The average molecular weight is 400 g/mol. The smallest absolute Gasteiger partial charge is 0.339 e. The van der Waals surface area contributed by atoms with Gasteiger partial charge in [-0.05, 0) is 36.2 Å². The van der Waals surface area contributed by atoms with E-state index in [2.05, 4.69) is 5.32 Å². The zero-order chi connectivity index (χ0) is 18.9. The van der Waals surface area contributed by atoms with Gasteiger partial charge in [0.1, 0.15) is 0 Å². The van der Waals surface area contributed by atoms with E-state index in [0.717, 1.165) is 5.56 Å². The standard InChI is InChI=1S/C18H16ClF2NO3S/c19-13-5-3-4-12(10-13)8-9-22-16(23)11-25-17(24)14-6-1-2-7-15(14)26-18(20)21/h1-7,10,18H,8-9,11H2,(H,22,23). The third-order valence-corrected chi connectivity index (χ3v) is 4.31. The second-order valence-electron chi connectivity index (χ2n) is 5.18. The van der Waals surface area contributed by atoms with Gasteiger partial charge in [-0.15, -0.1) is 0 Å². The van der Waals surface area contributed by atoms with E-state index in [9.17, 15) is 18.4 Å². The van der Waals surface area contributed by atoms with E-state index in [1.807, 2.05) is 12.1 Å². The molecule has 0 unspecified atom stereocenters. The number of ether oxygens (including phenoxy) is 1. The highest BCUT2D eigenvalue weighted by Crippen LogP contribution is 2.28. The van der Waals surface area contributed by atoms with Crippen LogP contribution in [0.25, 0.3) is 0 Å². The molecular formula is C18H16ClF2NO3S. The lowest BCUT2D eigenvalue weighted by atomic mass is 10.1. The second-order valence-corrected chi connectivity index (χ2v) is 6.65. The Morgan fingerprint density at radius 3 is 2.65 bits per heavy atom. The van der Waals surface area contributed by atoms with Crippen molar-refractivity contribution >= 4 is 35.2 Å². The molecule has 2 rings (SSSR count). The lowest BCUT2D eigenvalue weighted by Gasteiger charge is -2.09. The molecule has 0 spiro atoms. The fraction of sp³-hybridized carbons (Fsp3) is 0.222. The number of carbonyl (C=O) groups is 2. The number of esters is 1. The lowest BCUT2D eigenvalue weighted by Crippen LogP contribution is -2.30. The number of hydrogen-bond donors (Lipinski definition) is 1. The Bertz CT molecular complexity index is 774. The first-order valence-corrected chi connectivity index (χ1v) is 8.93. The summed E-state index contributed by atoms with van der Waals surface area (Å²) >= 11 is 6.13. The van der Waals surface area contributed by atoms with Crippen molar-refractivity contribution in [2.75, 3.05) is 13.2 Å². The van der Waals surface area contributed by atoms with Gasteiger partial charge in [-0.2, -0.15) is 8.78 Å². The first-order chi connectivity index (χ1) is 12.5. The fourth-order valence-electron chi connectivity index (χ4n) is 2.13. The molecule has 0 bridgehead atoms. The summed E-state index contributed by atoms with van der Waals surface area (Å²) in [6.45, 7) is -0.128. The van der Waals surface area contributed by atoms with Crippen LogP contribution >= 0.6 is 23.4 Å². The minimum absolute atomic E-state index is 0.00419. The second kappa shape index (κ2) is 10.1. The van der Waals surface area contributed by atoms with Crippen LogP contribution in [0.4, 0.5) is 8.78 Å². The maximum Gasteiger partial charge on any atom is 0.339 e. The molecule has 0 aliphatic rings. The third-order valence-electron chi connectivity index (χ3n) is 3.28. The lowest BCUT2D eigenvalue weighted by molar-refractivity contribution is -0.124. The number of thioether (sulfide) groups is 1. The number of halogens is 3. The van der Waals surface area contributed by atoms with E-state index in [0.29, 0.717) is 18.0 Å². The van der Waals surface area contributed by atoms with Crippen LogP contribution in [0.5, 0.6) is 0 Å². The number of nitrogens with one attached hydrogen (secondary N) is 1. The Kier molecular flexibility index (Phi) is 7.87. The highest BCUT2D eigenvalue weighted by atomic mass is 35.5. The van der Waals surface area contributed by atoms with E-state index >= 15 is 0 Å². The van der Waals surface area contributed by atoms with Gasteiger partial charge in [0.25, 0.3) is 11.7 Å². The number of benzene rings is 2. The molecule has 0 saturated heterocycles. The number of amides is 1. The quantitative estimate of drug-likeness (QED) is 0.534. The number of rotatable bonds is 8. The molecule has 1 N–H and O–H groups in total. The molecule has 0 heterocycles. The maximum atomic E-state index is 12.5. The average Bonchev–Trinajstić information content (AvgIpc) is 2.60. The van der Waals surface area contributed by atoms with Crippen LogP contribution in [-0.4, -0.2) is 30.8 Å². The summed E-state index contributed by atoms with van der Waals surface area (Å²) in [5.41, 5.74) is 0.970. The van der Waals surface area contributed by atoms with E-state index in [1.165, 1.54) is 18.2 Å². The first-order valence-electron chi connectivity index (χ1n) is 7.68. The third kappa shape index (κ3) is 6.65. The molecule has 8 heteroatoms. The Balaban J connectivity index is 1.79. The van der Waals surface area contributed by atoms with Gasteiger partial charge in [-0.25, -0.2) is 4.79 Å². The summed E-state index contributed by atoms with van der Waals surface area (Å²) in [4.78, 5) is 23.9. The van der Waals surface area contributed by atoms with Crippen molar-refractivity contribution in [3.63, 3.8) is 0 Å². The number of alkyl halides is 2. The molecule has 0 radical (unpaired) electrons. The Morgan fingerprint density at radius 2 is 1.92 bits per heavy atom. The first kappa shape index (κ1) is 20.2. The Hall–Kier alpha value is -2.12. The summed E-state index contributed by atoms with van der Waals surface area (Å²) in [6, 6.07) is 13.1. The van der Waals surface area contributed by atoms with Crippen LogP contribution in [0.1, 0.15) is 15.9 Å². The van der Waals surface area contributed by atoms with Crippen molar-refractivity contribution in [3.8, 4) is 0 Å². The molecule has 2 aromatic carbocycles. The molecule has 138 valence electrons. The Morgan fingerprint density at radius 1 is 1.15 bits per heavy atom. The molecule has 0 aliphatic heterocycles. The Labute approximate surface area is 158 Å². The van der Waals surface area contributed by atoms with Gasteiger partial charge in [-0.3, -0.25) is 4.79 Å². The van der Waals surface area contributed by atoms with Gasteiger partial charge in [0, 0.05) is 16.5 Å². The zero-order valence-corrected chi connectivity index (χ0v) is 15.2. The van der Waals surface area contributed by atoms with Gasteiger partial charge in [-0.1, -0.05) is 47.6 Å². The van der Waals surface area contributed by atoms with Crippen LogP contribution in [-0.2, 0) is 16.0 Å². The molecule has 0 aliphatic carbocycles. The molecule has 4 nitrogen and oxygen atoms in total. The summed E-state index contributed by atoms with van der Waals surface area (Å²) in [7, 11) is 0. The van der Waals surface area contributed by atoms with Gasteiger partial charge in [0.15, 0.2) is 6.61 Å². The van der Waals surface area contributed by atoms with Crippen molar-refractivity contribution < 1.29 is 23.1 Å². The minimum Gasteiger partial charge on any atom is -0.452 e. The van der Waals surface area contributed by atoms with Crippen LogP contribution in [0.2, 0.25) is 5.02 Å². The molecule has 26 heavy (non-hydrogen) atoms. The minimum atomic E-state index is -2.65. The monoisotopic (exact) mass is 399 g/mol. The number of carbonyl (C=O) groups excluding carboxylic acids is 2. The van der Waals surface area contributed by atoms with Crippen LogP contribution in [0.3, 0.4) is 0 Å². The highest BCUT2D eigenvalue weighted by molar-refractivity contribution is 7.99. The van der Waals surface area contributed by atoms with Gasteiger partial charge in [0.2, 0.25) is 0 Å². The van der Waals surface area contributed by atoms with Crippen LogP contribution in [0.15, 0.2) is 53.4 Å². The summed E-state index contributed by atoms with van der Waals surface area (Å²) in [5.74, 6) is -3.95. The normalized spacial score (nSPS) is 10.6. The molecule has 0 atom stereocenters. The fourth-order valence-corrected chi connectivity index (χ4v) is 2.97. The van der Waals surface area contributed by atoms with Gasteiger partial charge in [0.05, 0.1) is 5.56 Å². The summed E-state index contributed by atoms with van der Waals surface area (Å²) < 4.78 is 29.9. The van der Waals surface area contributed by atoms with E-state index < -0.39 is 24.2 Å². The van der Waals surface area contributed by atoms with Crippen LogP contribution < -0.4 is 5.32 Å². The van der Waals surface area contributed by atoms with Crippen molar-refractivity contribution in [2.45, 2.75) is 17.1 Å². The van der Waals surface area contributed by atoms with E-state index in [4.69, 9.17) is 16.3 Å². The van der Waals surface area contributed by atoms with Crippen LogP contribution in [0, 0.1) is 0 Å². The largest absolute Gasteiger partial charge is 0.452 e. The van der Waals surface area contributed by atoms with Crippen molar-refractivity contribution in [2.24, 2.45) is 0 Å². The molecule has 0 aromatic heterocycles. The van der Waals surface area contributed by atoms with E-state index in [-0.39, 0.29) is 22.2 Å². The SMILES string of the molecule is O=C(COC(=O)c1ccccc1SC(F)F)NCCc1cccc(Cl)c1. The van der Waals surface area contributed by atoms with Gasteiger partial charge < -0.3 is 10.1 Å². The zero-order valence-electron chi connectivity index (χ0n) is 13.6.